The van der Waals surface area contributed by atoms with Gasteiger partial charge in [0, 0.05) is 9.16 Å². The normalized spacial score (nSPS) is 61.9. The summed E-state index contributed by atoms with van der Waals surface area (Å²) < 4.78 is 24.9. The van der Waals surface area contributed by atoms with Crippen LogP contribution < -0.4 is 0 Å². The average Bonchev–Trinajstić information content (AvgIpc) is 2.66. The summed E-state index contributed by atoms with van der Waals surface area (Å²) in [7, 11) is 0. The van der Waals surface area contributed by atoms with Gasteiger partial charge in [-0.2, -0.15) is 0 Å². The van der Waals surface area contributed by atoms with E-state index in [1.807, 2.05) is 6.92 Å². The van der Waals surface area contributed by atoms with Gasteiger partial charge in [-0.25, -0.2) is 0 Å². The summed E-state index contributed by atoms with van der Waals surface area (Å²) in [5.74, 6) is 0.328. The van der Waals surface area contributed by atoms with Crippen molar-refractivity contribution in [3.63, 3.8) is 0 Å². The van der Waals surface area contributed by atoms with Crippen LogP contribution in [0.1, 0.15) is 62.9 Å². The smallest absolute Gasteiger partial charge is 0.155 e. The molecule has 0 bridgehead atoms. The molecule has 4 aliphatic rings. The van der Waals surface area contributed by atoms with Gasteiger partial charge in [0.25, 0.3) is 0 Å². The average molecular weight is 307 g/mol. The van der Waals surface area contributed by atoms with Crippen molar-refractivity contribution in [1.29, 1.82) is 0 Å². The SMILES string of the molecule is [2H]C1([2H])C[C@@H]2[C@H]3C[C@@H](O)C4=CC(=O)CC[C@@]4(C)[C@@H]3CC[C@@]2(C)[C@]1([2H])O. The highest BCUT2D eigenvalue weighted by molar-refractivity contribution is 5.91. The highest BCUT2D eigenvalue weighted by atomic mass is 16.3. The summed E-state index contributed by atoms with van der Waals surface area (Å²) in [4.78, 5) is 11.9. The van der Waals surface area contributed by atoms with Crippen LogP contribution in [0, 0.1) is 28.6 Å². The van der Waals surface area contributed by atoms with Gasteiger partial charge in [0.05, 0.1) is 13.6 Å². The van der Waals surface area contributed by atoms with Crippen LogP contribution in [-0.4, -0.2) is 28.2 Å². The quantitative estimate of drug-likeness (QED) is 0.723. The molecule has 0 heterocycles. The highest BCUT2D eigenvalue weighted by Crippen LogP contribution is 2.65. The van der Waals surface area contributed by atoms with Crippen LogP contribution in [0.15, 0.2) is 11.6 Å². The molecule has 0 saturated heterocycles. The van der Waals surface area contributed by atoms with Crippen molar-refractivity contribution < 1.29 is 19.1 Å². The Balaban J connectivity index is 1.77. The Kier molecular flexibility index (Phi) is 2.51. The van der Waals surface area contributed by atoms with E-state index in [-0.39, 0.29) is 35.4 Å². The van der Waals surface area contributed by atoms with E-state index < -0.39 is 24.0 Å². The van der Waals surface area contributed by atoms with E-state index in [1.165, 1.54) is 0 Å². The Morgan fingerprint density at radius 2 is 2.05 bits per heavy atom. The van der Waals surface area contributed by atoms with Crippen LogP contribution in [0.2, 0.25) is 0 Å². The van der Waals surface area contributed by atoms with E-state index >= 15 is 0 Å². The minimum Gasteiger partial charge on any atom is -0.393 e. The lowest BCUT2D eigenvalue weighted by Gasteiger charge is -2.58. The number of carbonyl (C=O) groups excluding carboxylic acids is 1. The van der Waals surface area contributed by atoms with Crippen molar-refractivity contribution in [3.8, 4) is 0 Å². The van der Waals surface area contributed by atoms with Crippen molar-refractivity contribution in [1.82, 2.24) is 0 Å². The first kappa shape index (κ1) is 11.8. The fourth-order valence-corrected chi connectivity index (χ4v) is 6.01. The molecule has 0 aromatic carbocycles. The van der Waals surface area contributed by atoms with Crippen molar-refractivity contribution in [2.24, 2.45) is 28.6 Å². The predicted octanol–water partition coefficient (Wildman–Crippen LogP) is 2.85. The largest absolute Gasteiger partial charge is 0.393 e. The number of aliphatic hydroxyl groups is 2. The molecule has 122 valence electrons. The maximum absolute atomic E-state index is 11.9. The molecule has 22 heavy (non-hydrogen) atoms. The Morgan fingerprint density at radius 3 is 2.82 bits per heavy atom. The summed E-state index contributed by atoms with van der Waals surface area (Å²) in [5.41, 5.74) is -0.164. The monoisotopic (exact) mass is 307 g/mol. The van der Waals surface area contributed by atoms with E-state index in [1.54, 1.807) is 6.08 Å². The lowest BCUT2D eigenvalue weighted by atomic mass is 9.47. The molecule has 0 unspecified atom stereocenters. The zero-order chi connectivity index (χ0) is 18.4. The number of fused-ring (bicyclic) bond motifs is 5. The van der Waals surface area contributed by atoms with Gasteiger partial charge in [-0.1, -0.05) is 13.8 Å². The molecule has 3 heteroatoms. The fraction of sp³-hybridized carbons (Fsp3) is 0.842. The van der Waals surface area contributed by atoms with Gasteiger partial charge in [-0.3, -0.25) is 4.79 Å². The van der Waals surface area contributed by atoms with Crippen molar-refractivity contribution in [2.45, 2.75) is 70.9 Å². The number of rotatable bonds is 0. The van der Waals surface area contributed by atoms with Gasteiger partial charge in [-0.15, -0.1) is 0 Å². The second kappa shape index (κ2) is 4.67. The Hall–Kier alpha value is -0.670. The molecule has 0 aromatic rings. The molecule has 0 amide bonds. The molecule has 0 radical (unpaired) electrons. The second-order valence-corrected chi connectivity index (χ2v) is 8.30. The molecule has 2 N–H and O–H groups in total. The van der Waals surface area contributed by atoms with E-state index in [2.05, 4.69) is 6.92 Å². The molecule has 0 spiro atoms. The van der Waals surface area contributed by atoms with Gasteiger partial charge < -0.3 is 10.2 Å². The standard InChI is InChI=1S/C19H28O3/c1-18-7-5-11(20)9-15(18)16(21)10-12-13-3-4-17(22)19(13,2)8-6-14(12)18/h9,12-14,16-17,21-22H,3-8,10H2,1-2H3/t12-,13-,14-,16-,17-,18+,19-/m1/s1/i4D2,17D. The minimum atomic E-state index is -2.10. The second-order valence-electron chi connectivity index (χ2n) is 8.30. The summed E-state index contributed by atoms with van der Waals surface area (Å²) >= 11 is 0. The molecular weight excluding hydrogens is 276 g/mol. The predicted molar refractivity (Wildman–Crippen MR) is 84.1 cm³/mol. The molecule has 3 fully saturated rings. The lowest BCUT2D eigenvalue weighted by Crippen LogP contribution is -2.54. The van der Waals surface area contributed by atoms with Crippen molar-refractivity contribution in [3.05, 3.63) is 11.6 Å². The molecule has 0 aliphatic heterocycles. The summed E-state index contributed by atoms with van der Waals surface area (Å²) in [6.45, 7) is 4.00. The fourth-order valence-electron chi connectivity index (χ4n) is 6.01. The van der Waals surface area contributed by atoms with Crippen LogP contribution >= 0.6 is 0 Å². The Morgan fingerprint density at radius 1 is 1.27 bits per heavy atom. The molecule has 0 aromatic heterocycles. The van der Waals surface area contributed by atoms with Crippen LogP contribution in [0.5, 0.6) is 0 Å². The van der Waals surface area contributed by atoms with Gasteiger partial charge in [0.1, 0.15) is 0 Å². The van der Waals surface area contributed by atoms with Gasteiger partial charge in [-0.05, 0) is 78.7 Å². The van der Waals surface area contributed by atoms with Gasteiger partial charge in [0.2, 0.25) is 0 Å². The third-order valence-corrected chi connectivity index (χ3v) is 7.40. The Labute approximate surface area is 137 Å². The maximum atomic E-state index is 11.9. The minimum absolute atomic E-state index is 0.0820. The molecule has 3 saturated carbocycles. The maximum Gasteiger partial charge on any atom is 0.155 e. The topological polar surface area (TPSA) is 57.5 Å². The summed E-state index contributed by atoms with van der Waals surface area (Å²) in [5, 5.41) is 21.5. The van der Waals surface area contributed by atoms with Crippen LogP contribution in [0.4, 0.5) is 0 Å². The van der Waals surface area contributed by atoms with Crippen LogP contribution in [0.25, 0.3) is 0 Å². The third-order valence-electron chi connectivity index (χ3n) is 7.40. The van der Waals surface area contributed by atoms with Crippen LogP contribution in [0.3, 0.4) is 0 Å². The third kappa shape index (κ3) is 1.78. The molecule has 3 nitrogen and oxygen atoms in total. The molecule has 4 rings (SSSR count). The van der Waals surface area contributed by atoms with Crippen LogP contribution in [-0.2, 0) is 4.79 Å². The van der Waals surface area contributed by atoms with E-state index in [4.69, 9.17) is 4.11 Å². The number of hydrogen-bond donors (Lipinski definition) is 2. The van der Waals surface area contributed by atoms with Gasteiger partial charge in [0.15, 0.2) is 5.78 Å². The molecular formula is C19H28O3. The first-order valence-electron chi connectivity index (χ1n) is 10.1. The number of carbonyl (C=O) groups is 1. The zero-order valence-electron chi connectivity index (χ0n) is 16.4. The highest BCUT2D eigenvalue weighted by Gasteiger charge is 2.60. The summed E-state index contributed by atoms with van der Waals surface area (Å²) in [6, 6.07) is 0. The summed E-state index contributed by atoms with van der Waals surface area (Å²) in [6.07, 6.45) is 0.270. The molecule has 7 atom stereocenters. The number of ketones is 1. The Bertz CT molecular complexity index is 658. The van der Waals surface area contributed by atoms with E-state index in [0.29, 0.717) is 19.3 Å². The first-order valence-corrected chi connectivity index (χ1v) is 8.59. The lowest BCUT2D eigenvalue weighted by molar-refractivity contribution is -0.120. The first-order chi connectivity index (χ1) is 11.4. The number of aliphatic hydroxyl groups excluding tert-OH is 1. The van der Waals surface area contributed by atoms with Crippen molar-refractivity contribution in [2.75, 3.05) is 0 Å². The van der Waals surface area contributed by atoms with Crippen molar-refractivity contribution >= 4 is 5.78 Å². The number of hydrogen-bond acceptors (Lipinski definition) is 3. The van der Waals surface area contributed by atoms with E-state index in [0.717, 1.165) is 18.4 Å². The molecule has 4 aliphatic carbocycles. The van der Waals surface area contributed by atoms with E-state index in [9.17, 15) is 15.0 Å². The van der Waals surface area contributed by atoms with Gasteiger partial charge >= 0.3 is 0 Å². The zero-order valence-corrected chi connectivity index (χ0v) is 13.4.